The summed E-state index contributed by atoms with van der Waals surface area (Å²) in [5.41, 5.74) is 4.96. The molecule has 1 aromatic rings. The minimum atomic E-state index is 0.202. The Balaban J connectivity index is 2.23. The summed E-state index contributed by atoms with van der Waals surface area (Å²) in [5, 5.41) is 3.72. The van der Waals surface area contributed by atoms with Gasteiger partial charge >= 0.3 is 0 Å². The SMILES string of the molecule is CCC1CC1(CNC(C)(C)C)c1ccc(C)c(C)c1. The lowest BCUT2D eigenvalue weighted by atomic mass is 9.89. The summed E-state index contributed by atoms with van der Waals surface area (Å²) in [6.07, 6.45) is 2.63. The van der Waals surface area contributed by atoms with E-state index in [1.54, 1.807) is 5.56 Å². The minimum Gasteiger partial charge on any atom is -0.311 e. The highest BCUT2D eigenvalue weighted by Gasteiger charge is 2.53. The Morgan fingerprint density at radius 2 is 1.89 bits per heavy atom. The van der Waals surface area contributed by atoms with E-state index in [0.717, 1.165) is 12.5 Å². The van der Waals surface area contributed by atoms with Crippen LogP contribution in [0.15, 0.2) is 18.2 Å². The van der Waals surface area contributed by atoms with Gasteiger partial charge in [-0.3, -0.25) is 0 Å². The van der Waals surface area contributed by atoms with Gasteiger partial charge in [-0.2, -0.15) is 0 Å². The lowest BCUT2D eigenvalue weighted by Gasteiger charge is -2.27. The first-order chi connectivity index (χ1) is 8.78. The summed E-state index contributed by atoms with van der Waals surface area (Å²) in [5.74, 6) is 0.851. The summed E-state index contributed by atoms with van der Waals surface area (Å²) in [6.45, 7) is 14.6. The van der Waals surface area contributed by atoms with Gasteiger partial charge in [-0.15, -0.1) is 0 Å². The van der Waals surface area contributed by atoms with Crippen molar-refractivity contribution in [2.75, 3.05) is 6.54 Å². The highest BCUT2D eigenvalue weighted by atomic mass is 15.0. The van der Waals surface area contributed by atoms with Crippen LogP contribution in [0.4, 0.5) is 0 Å². The summed E-state index contributed by atoms with van der Waals surface area (Å²) < 4.78 is 0. The van der Waals surface area contributed by atoms with Crippen molar-refractivity contribution >= 4 is 0 Å². The number of benzene rings is 1. The Morgan fingerprint density at radius 3 is 2.37 bits per heavy atom. The number of hydrogen-bond acceptors (Lipinski definition) is 1. The third kappa shape index (κ3) is 3.02. The van der Waals surface area contributed by atoms with E-state index in [1.807, 2.05) is 0 Å². The van der Waals surface area contributed by atoms with Crippen molar-refractivity contribution in [1.82, 2.24) is 5.32 Å². The summed E-state index contributed by atoms with van der Waals surface area (Å²) >= 11 is 0. The standard InChI is InChI=1S/C18H29N/c1-7-15-11-18(15,12-19-17(4,5)6)16-9-8-13(2)14(3)10-16/h8-10,15,19H,7,11-12H2,1-6H3. The molecule has 19 heavy (non-hydrogen) atoms. The van der Waals surface area contributed by atoms with E-state index in [4.69, 9.17) is 0 Å². The van der Waals surface area contributed by atoms with Crippen LogP contribution in [0.2, 0.25) is 0 Å². The van der Waals surface area contributed by atoms with E-state index in [9.17, 15) is 0 Å². The van der Waals surface area contributed by atoms with Crippen LogP contribution in [0.5, 0.6) is 0 Å². The molecule has 1 saturated carbocycles. The van der Waals surface area contributed by atoms with Crippen LogP contribution in [0.3, 0.4) is 0 Å². The van der Waals surface area contributed by atoms with Crippen LogP contribution in [0.1, 0.15) is 57.2 Å². The average molecular weight is 259 g/mol. The van der Waals surface area contributed by atoms with Crippen LogP contribution >= 0.6 is 0 Å². The van der Waals surface area contributed by atoms with Crippen molar-refractivity contribution in [3.63, 3.8) is 0 Å². The summed E-state index contributed by atoms with van der Waals surface area (Å²) in [7, 11) is 0. The molecule has 1 aliphatic carbocycles. The topological polar surface area (TPSA) is 12.0 Å². The zero-order chi connectivity index (χ0) is 14.3. The van der Waals surface area contributed by atoms with Crippen molar-refractivity contribution in [3.8, 4) is 0 Å². The van der Waals surface area contributed by atoms with E-state index >= 15 is 0 Å². The molecule has 0 heterocycles. The van der Waals surface area contributed by atoms with Gasteiger partial charge in [-0.05, 0) is 63.6 Å². The maximum atomic E-state index is 3.72. The second-order valence-electron chi connectivity index (χ2n) is 7.37. The van der Waals surface area contributed by atoms with Crippen molar-refractivity contribution in [2.45, 2.75) is 65.3 Å². The smallest absolute Gasteiger partial charge is 0.0109 e. The van der Waals surface area contributed by atoms with E-state index < -0.39 is 0 Å². The van der Waals surface area contributed by atoms with Gasteiger partial charge in [0.25, 0.3) is 0 Å². The molecule has 1 fully saturated rings. The number of nitrogens with one attached hydrogen (secondary N) is 1. The molecule has 1 aromatic carbocycles. The van der Waals surface area contributed by atoms with Crippen molar-refractivity contribution in [2.24, 2.45) is 5.92 Å². The fraction of sp³-hybridized carbons (Fsp3) is 0.667. The monoisotopic (exact) mass is 259 g/mol. The average Bonchev–Trinajstić information content (AvgIpc) is 3.04. The third-order valence-electron chi connectivity index (χ3n) is 4.74. The van der Waals surface area contributed by atoms with Crippen LogP contribution < -0.4 is 5.32 Å². The molecule has 0 bridgehead atoms. The normalized spacial score (nSPS) is 26.5. The van der Waals surface area contributed by atoms with E-state index in [2.05, 4.69) is 65.1 Å². The molecule has 1 N–H and O–H groups in total. The molecule has 0 radical (unpaired) electrons. The zero-order valence-corrected chi connectivity index (χ0v) is 13.4. The summed E-state index contributed by atoms with van der Waals surface area (Å²) in [4.78, 5) is 0. The largest absolute Gasteiger partial charge is 0.311 e. The van der Waals surface area contributed by atoms with Gasteiger partial charge in [-0.1, -0.05) is 31.5 Å². The van der Waals surface area contributed by atoms with E-state index in [1.165, 1.54) is 24.0 Å². The molecule has 106 valence electrons. The first kappa shape index (κ1) is 14.6. The molecular formula is C18H29N. The molecule has 0 spiro atoms. The lowest BCUT2D eigenvalue weighted by molar-refractivity contribution is 0.388. The van der Waals surface area contributed by atoms with Crippen LogP contribution in [-0.2, 0) is 5.41 Å². The van der Waals surface area contributed by atoms with Crippen molar-refractivity contribution < 1.29 is 0 Å². The Hall–Kier alpha value is -0.820. The first-order valence-electron chi connectivity index (χ1n) is 7.61. The molecule has 1 heteroatoms. The van der Waals surface area contributed by atoms with Crippen LogP contribution in [-0.4, -0.2) is 12.1 Å². The molecule has 0 saturated heterocycles. The first-order valence-corrected chi connectivity index (χ1v) is 7.61. The zero-order valence-electron chi connectivity index (χ0n) is 13.4. The third-order valence-corrected chi connectivity index (χ3v) is 4.74. The van der Waals surface area contributed by atoms with Gasteiger partial charge in [0.1, 0.15) is 0 Å². The maximum Gasteiger partial charge on any atom is 0.0109 e. The lowest BCUT2D eigenvalue weighted by Crippen LogP contribution is -2.41. The Labute approximate surface area is 118 Å². The molecule has 2 unspecified atom stereocenters. The van der Waals surface area contributed by atoms with Gasteiger partial charge in [-0.25, -0.2) is 0 Å². The fourth-order valence-electron chi connectivity index (χ4n) is 3.06. The number of rotatable bonds is 4. The Bertz CT molecular complexity index is 455. The predicted octanol–water partition coefficient (Wildman–Crippen LogP) is 4.36. The Kier molecular flexibility index (Phi) is 3.79. The molecule has 0 aromatic heterocycles. The van der Waals surface area contributed by atoms with Crippen molar-refractivity contribution in [1.29, 1.82) is 0 Å². The van der Waals surface area contributed by atoms with Gasteiger partial charge in [0.05, 0.1) is 0 Å². The summed E-state index contributed by atoms with van der Waals surface area (Å²) in [6, 6.07) is 7.05. The molecule has 2 atom stereocenters. The van der Waals surface area contributed by atoms with Gasteiger partial charge in [0.15, 0.2) is 0 Å². The highest BCUT2D eigenvalue weighted by Crippen LogP contribution is 2.56. The molecule has 1 nitrogen and oxygen atoms in total. The molecular weight excluding hydrogens is 230 g/mol. The number of hydrogen-bond donors (Lipinski definition) is 1. The highest BCUT2D eigenvalue weighted by molar-refractivity contribution is 5.40. The maximum absolute atomic E-state index is 3.72. The minimum absolute atomic E-state index is 0.202. The van der Waals surface area contributed by atoms with E-state index in [0.29, 0.717) is 5.41 Å². The van der Waals surface area contributed by atoms with Gasteiger partial charge in [0.2, 0.25) is 0 Å². The second-order valence-corrected chi connectivity index (χ2v) is 7.37. The second kappa shape index (κ2) is 4.94. The quantitative estimate of drug-likeness (QED) is 0.847. The Morgan fingerprint density at radius 1 is 1.21 bits per heavy atom. The number of aryl methyl sites for hydroxylation is 2. The van der Waals surface area contributed by atoms with Crippen LogP contribution in [0, 0.1) is 19.8 Å². The van der Waals surface area contributed by atoms with Crippen LogP contribution in [0.25, 0.3) is 0 Å². The van der Waals surface area contributed by atoms with Gasteiger partial charge < -0.3 is 5.32 Å². The molecule has 0 aliphatic heterocycles. The molecule has 0 amide bonds. The van der Waals surface area contributed by atoms with Gasteiger partial charge in [0, 0.05) is 17.5 Å². The fourth-order valence-corrected chi connectivity index (χ4v) is 3.06. The predicted molar refractivity (Wildman–Crippen MR) is 83.7 cm³/mol. The van der Waals surface area contributed by atoms with Crippen molar-refractivity contribution in [3.05, 3.63) is 34.9 Å². The molecule has 2 rings (SSSR count). The molecule has 1 aliphatic rings. The van der Waals surface area contributed by atoms with E-state index in [-0.39, 0.29) is 5.54 Å².